The van der Waals surface area contributed by atoms with E-state index in [1.807, 2.05) is 61.5 Å². The molecule has 21 heavy (non-hydrogen) atoms. The van der Waals surface area contributed by atoms with Crippen LogP contribution in [-0.2, 0) is 0 Å². The number of ether oxygens (including phenoxy) is 1. The van der Waals surface area contributed by atoms with Gasteiger partial charge in [0.05, 0.1) is 12.7 Å². The molecule has 0 fully saturated rings. The molecule has 106 valence electrons. The first-order valence-corrected chi connectivity index (χ1v) is 6.58. The lowest BCUT2D eigenvalue weighted by atomic mass is 10.1. The van der Waals surface area contributed by atoms with E-state index in [0.29, 0.717) is 5.56 Å². The van der Waals surface area contributed by atoms with Crippen molar-refractivity contribution in [3.63, 3.8) is 0 Å². The number of benzene rings is 2. The van der Waals surface area contributed by atoms with Gasteiger partial charge in [-0.1, -0.05) is 18.1 Å². The molecule has 2 aromatic rings. The Morgan fingerprint density at radius 3 is 2.33 bits per heavy atom. The van der Waals surface area contributed by atoms with Crippen LogP contribution in [-0.4, -0.2) is 27.0 Å². The van der Waals surface area contributed by atoms with Gasteiger partial charge in [0.15, 0.2) is 0 Å². The van der Waals surface area contributed by atoms with Gasteiger partial charge in [-0.25, -0.2) is 0 Å². The molecule has 0 heterocycles. The molecule has 0 aliphatic heterocycles. The number of hydrogen-bond donors (Lipinski definition) is 0. The summed E-state index contributed by atoms with van der Waals surface area (Å²) in [5.74, 6) is 6.16. The number of methoxy groups -OCH3 is 1. The second kappa shape index (κ2) is 6.62. The Morgan fingerprint density at radius 2 is 1.71 bits per heavy atom. The van der Waals surface area contributed by atoms with Gasteiger partial charge in [0.1, 0.15) is 5.75 Å². The smallest absolute Gasteiger partial charge is 0.238 e. The maximum absolute atomic E-state index is 12.2. The minimum absolute atomic E-state index is 0.185. The average molecular weight is 279 g/mol. The number of para-hydroxylation sites is 1. The zero-order valence-corrected chi connectivity index (χ0v) is 12.4. The summed E-state index contributed by atoms with van der Waals surface area (Å²) in [7, 11) is 5.43. The summed E-state index contributed by atoms with van der Waals surface area (Å²) in [6.07, 6.45) is 0. The Morgan fingerprint density at radius 1 is 1.05 bits per heavy atom. The van der Waals surface area contributed by atoms with Gasteiger partial charge < -0.3 is 9.64 Å². The Balaban J connectivity index is 2.24. The molecule has 0 unspecified atom stereocenters. The van der Waals surface area contributed by atoms with E-state index in [4.69, 9.17) is 4.74 Å². The average Bonchev–Trinajstić information content (AvgIpc) is 2.53. The van der Waals surface area contributed by atoms with Gasteiger partial charge in [0, 0.05) is 25.3 Å². The standard InChI is InChI=1S/C18H17NO2/c1-19(2)17-7-5-4-6-16(17)18(20)13-10-14-8-11-15(21-3)12-9-14/h4-9,11-12H,1-3H3. The molecule has 0 aliphatic carbocycles. The molecule has 0 radical (unpaired) electrons. The Bertz CT molecular complexity index is 691. The molecule has 0 spiro atoms. The van der Waals surface area contributed by atoms with Gasteiger partial charge in [0.25, 0.3) is 0 Å². The highest BCUT2D eigenvalue weighted by Crippen LogP contribution is 2.18. The van der Waals surface area contributed by atoms with E-state index in [0.717, 1.165) is 17.0 Å². The maximum Gasteiger partial charge on any atom is 0.238 e. The van der Waals surface area contributed by atoms with Crippen molar-refractivity contribution in [1.29, 1.82) is 0 Å². The van der Waals surface area contributed by atoms with Crippen molar-refractivity contribution < 1.29 is 9.53 Å². The molecule has 0 saturated heterocycles. The summed E-state index contributed by atoms with van der Waals surface area (Å²) in [5.41, 5.74) is 2.27. The largest absolute Gasteiger partial charge is 0.497 e. The fraction of sp³-hybridized carbons (Fsp3) is 0.167. The fourth-order valence-corrected chi connectivity index (χ4v) is 1.93. The zero-order chi connectivity index (χ0) is 15.2. The predicted molar refractivity (Wildman–Crippen MR) is 85.0 cm³/mol. The number of nitrogens with zero attached hydrogens (tertiary/aromatic N) is 1. The van der Waals surface area contributed by atoms with Crippen molar-refractivity contribution in [2.75, 3.05) is 26.1 Å². The van der Waals surface area contributed by atoms with Crippen molar-refractivity contribution in [3.8, 4) is 17.6 Å². The highest BCUT2D eigenvalue weighted by Gasteiger charge is 2.09. The van der Waals surface area contributed by atoms with E-state index in [2.05, 4.69) is 11.8 Å². The van der Waals surface area contributed by atoms with Crippen LogP contribution in [0, 0.1) is 11.8 Å². The van der Waals surface area contributed by atoms with E-state index in [9.17, 15) is 4.79 Å². The monoisotopic (exact) mass is 279 g/mol. The first-order chi connectivity index (χ1) is 10.1. The first kappa shape index (κ1) is 14.7. The number of rotatable bonds is 3. The molecule has 0 atom stereocenters. The topological polar surface area (TPSA) is 29.5 Å². The van der Waals surface area contributed by atoms with Crippen molar-refractivity contribution in [1.82, 2.24) is 0 Å². The lowest BCUT2D eigenvalue weighted by molar-refractivity contribution is 0.105. The van der Waals surface area contributed by atoms with Crippen LogP contribution >= 0.6 is 0 Å². The molecule has 3 heteroatoms. The molecule has 0 amide bonds. The van der Waals surface area contributed by atoms with Crippen LogP contribution in [0.5, 0.6) is 5.75 Å². The molecule has 2 rings (SSSR count). The van der Waals surface area contributed by atoms with Crippen molar-refractivity contribution in [3.05, 3.63) is 59.7 Å². The maximum atomic E-state index is 12.2. The van der Waals surface area contributed by atoms with Crippen molar-refractivity contribution >= 4 is 11.5 Å². The molecule has 0 bridgehead atoms. The molecule has 0 N–H and O–H groups in total. The summed E-state index contributed by atoms with van der Waals surface area (Å²) >= 11 is 0. The highest BCUT2D eigenvalue weighted by molar-refractivity contribution is 6.12. The van der Waals surface area contributed by atoms with Gasteiger partial charge in [0.2, 0.25) is 5.78 Å². The van der Waals surface area contributed by atoms with Crippen molar-refractivity contribution in [2.24, 2.45) is 0 Å². The molecule has 3 nitrogen and oxygen atoms in total. The van der Waals surface area contributed by atoms with Gasteiger partial charge in [-0.2, -0.15) is 0 Å². The number of ketones is 1. The third-order valence-electron chi connectivity index (χ3n) is 3.04. The van der Waals surface area contributed by atoms with E-state index in [-0.39, 0.29) is 5.78 Å². The summed E-state index contributed by atoms with van der Waals surface area (Å²) in [4.78, 5) is 14.1. The Kier molecular flexibility index (Phi) is 4.63. The second-order valence-corrected chi connectivity index (χ2v) is 4.72. The Hall–Kier alpha value is -2.73. The third kappa shape index (κ3) is 3.64. The molecule has 0 saturated carbocycles. The minimum Gasteiger partial charge on any atom is -0.497 e. The summed E-state index contributed by atoms with van der Waals surface area (Å²) in [5, 5.41) is 0. The fourth-order valence-electron chi connectivity index (χ4n) is 1.93. The van der Waals surface area contributed by atoms with Crippen LogP contribution in [0.15, 0.2) is 48.5 Å². The number of carbonyl (C=O) groups excluding carboxylic acids is 1. The molecule has 0 aliphatic rings. The van der Waals surface area contributed by atoms with Crippen LogP contribution in [0.2, 0.25) is 0 Å². The highest BCUT2D eigenvalue weighted by atomic mass is 16.5. The van der Waals surface area contributed by atoms with Crippen LogP contribution < -0.4 is 9.64 Å². The predicted octanol–water partition coefficient (Wildman–Crippen LogP) is 3.00. The first-order valence-electron chi connectivity index (χ1n) is 6.58. The van der Waals surface area contributed by atoms with E-state index < -0.39 is 0 Å². The molecule has 2 aromatic carbocycles. The van der Waals surface area contributed by atoms with Crippen LogP contribution in [0.25, 0.3) is 0 Å². The van der Waals surface area contributed by atoms with Gasteiger partial charge in [-0.3, -0.25) is 4.79 Å². The van der Waals surface area contributed by atoms with Crippen molar-refractivity contribution in [2.45, 2.75) is 0 Å². The zero-order valence-electron chi connectivity index (χ0n) is 12.4. The van der Waals surface area contributed by atoms with Gasteiger partial charge >= 0.3 is 0 Å². The SMILES string of the molecule is COc1ccc(C#CC(=O)c2ccccc2N(C)C)cc1. The van der Waals surface area contributed by atoms with E-state index in [1.54, 1.807) is 13.2 Å². The van der Waals surface area contributed by atoms with Crippen LogP contribution in [0.3, 0.4) is 0 Å². The number of anilines is 1. The lowest BCUT2D eigenvalue weighted by Crippen LogP contribution is -2.13. The molecular weight excluding hydrogens is 262 g/mol. The quantitative estimate of drug-likeness (QED) is 0.639. The minimum atomic E-state index is -0.185. The molecule has 0 aromatic heterocycles. The van der Waals surface area contributed by atoms with Crippen LogP contribution in [0.4, 0.5) is 5.69 Å². The normalized spacial score (nSPS) is 9.48. The number of hydrogen-bond acceptors (Lipinski definition) is 3. The molecular formula is C18H17NO2. The van der Waals surface area contributed by atoms with E-state index in [1.165, 1.54) is 0 Å². The summed E-state index contributed by atoms with van der Waals surface area (Å²) < 4.78 is 5.09. The Labute approximate surface area is 125 Å². The van der Waals surface area contributed by atoms with Gasteiger partial charge in [-0.05, 0) is 42.3 Å². The number of carbonyl (C=O) groups is 1. The van der Waals surface area contributed by atoms with Gasteiger partial charge in [-0.15, -0.1) is 0 Å². The van der Waals surface area contributed by atoms with E-state index >= 15 is 0 Å². The van der Waals surface area contributed by atoms with Crippen LogP contribution in [0.1, 0.15) is 15.9 Å². The summed E-state index contributed by atoms with van der Waals surface area (Å²) in [6.45, 7) is 0. The number of Topliss-reactive ketones (excluding diaryl/α,β-unsaturated/α-hetero) is 1. The lowest BCUT2D eigenvalue weighted by Gasteiger charge is -2.14. The third-order valence-corrected chi connectivity index (χ3v) is 3.04. The summed E-state index contributed by atoms with van der Waals surface area (Å²) in [6, 6.07) is 14.7. The second-order valence-electron chi connectivity index (χ2n) is 4.72.